The van der Waals surface area contributed by atoms with Gasteiger partial charge in [0.1, 0.15) is 12.1 Å². The van der Waals surface area contributed by atoms with Gasteiger partial charge in [0.15, 0.2) is 0 Å². The summed E-state index contributed by atoms with van der Waals surface area (Å²) in [7, 11) is 0. The summed E-state index contributed by atoms with van der Waals surface area (Å²) in [6.07, 6.45) is 8.93. The fraction of sp³-hybridized carbons (Fsp3) is 0.250. The van der Waals surface area contributed by atoms with Crippen molar-refractivity contribution in [3.8, 4) is 16.9 Å². The number of hydrogen-bond acceptors (Lipinski definition) is 5. The molecule has 10 heteroatoms. The Hall–Kier alpha value is -3.59. The minimum Gasteiger partial charge on any atom is -0.420 e. The van der Waals surface area contributed by atoms with Crippen LogP contribution in [0.25, 0.3) is 22.2 Å². The van der Waals surface area contributed by atoms with E-state index in [0.717, 1.165) is 23.1 Å². The number of amides is 1. The Bertz CT molecular complexity index is 1340. The highest BCUT2D eigenvalue weighted by Gasteiger charge is 2.30. The smallest absolute Gasteiger partial charge is 0.420 e. The van der Waals surface area contributed by atoms with Gasteiger partial charge in [0.2, 0.25) is 0 Å². The van der Waals surface area contributed by atoms with Crippen molar-refractivity contribution in [1.82, 2.24) is 19.5 Å². The molecule has 7 nitrogen and oxygen atoms in total. The monoisotopic (exact) mass is 483 g/mol. The second kappa shape index (κ2) is 8.64. The van der Waals surface area contributed by atoms with E-state index in [1.54, 1.807) is 24.5 Å². The summed E-state index contributed by atoms with van der Waals surface area (Å²) >= 11 is 4.79. The quantitative estimate of drug-likeness (QED) is 0.346. The van der Waals surface area contributed by atoms with Gasteiger partial charge in [0.25, 0.3) is 5.91 Å². The average molecular weight is 484 g/mol. The van der Waals surface area contributed by atoms with E-state index in [-0.39, 0.29) is 11.7 Å². The van der Waals surface area contributed by atoms with E-state index in [1.807, 2.05) is 6.33 Å². The van der Waals surface area contributed by atoms with Crippen molar-refractivity contribution in [3.05, 3.63) is 67.0 Å². The second-order valence-corrected chi connectivity index (χ2v) is 8.76. The summed E-state index contributed by atoms with van der Waals surface area (Å²) in [5, 5.41) is 2.77. The molecule has 1 amide bonds. The molecule has 2 atom stereocenters. The first-order chi connectivity index (χ1) is 16.3. The Morgan fingerprint density at radius 3 is 2.53 bits per heavy atom. The molecule has 2 aromatic carbocycles. The van der Waals surface area contributed by atoms with Crippen molar-refractivity contribution in [3.63, 3.8) is 0 Å². The van der Waals surface area contributed by atoms with Gasteiger partial charge in [-0.15, -0.1) is 8.78 Å². The van der Waals surface area contributed by atoms with Crippen LogP contribution in [-0.2, 0) is 0 Å². The lowest BCUT2D eigenvalue weighted by molar-refractivity contribution is -0.0964. The van der Waals surface area contributed by atoms with Crippen LogP contribution in [0.15, 0.2) is 61.4 Å². The third-order valence-electron chi connectivity index (χ3n) is 6.08. The Morgan fingerprint density at radius 1 is 1.18 bits per heavy atom. The van der Waals surface area contributed by atoms with E-state index in [1.165, 1.54) is 37.0 Å². The van der Waals surface area contributed by atoms with Gasteiger partial charge in [-0.05, 0) is 55.2 Å². The molecule has 1 aliphatic rings. The standard InChI is InChI=1S/C24H20ClF2N5O2/c1-14-2-7-21(14)32-13-30-20-9-15(8-19(22(20)32)16-10-28-12-29-11-16)23(33)31-17-3-5-18(6-4-17)34-24(25,26)27/h3-6,8-14,21H,2,7H2,1H3,(H,31,33)/t14-,21+/m1/s1. The maximum atomic E-state index is 13.1. The molecule has 2 heterocycles. The van der Waals surface area contributed by atoms with Crippen LogP contribution in [-0.4, -0.2) is 31.0 Å². The highest BCUT2D eigenvalue weighted by atomic mass is 35.5. The summed E-state index contributed by atoms with van der Waals surface area (Å²) in [6, 6.07) is 9.38. The van der Waals surface area contributed by atoms with Crippen LogP contribution in [0.2, 0.25) is 0 Å². The first kappa shape index (κ1) is 22.2. The van der Waals surface area contributed by atoms with Crippen LogP contribution in [0.1, 0.15) is 36.2 Å². The highest BCUT2D eigenvalue weighted by molar-refractivity contribution is 6.20. The molecular weight excluding hydrogens is 464 g/mol. The number of carbonyl (C=O) groups is 1. The molecule has 1 aliphatic carbocycles. The summed E-state index contributed by atoms with van der Waals surface area (Å²) in [4.78, 5) is 25.9. The molecule has 5 rings (SSSR count). The number of aromatic nitrogens is 4. The molecule has 1 N–H and O–H groups in total. The molecule has 0 unspecified atom stereocenters. The molecule has 0 saturated heterocycles. The molecule has 1 saturated carbocycles. The van der Waals surface area contributed by atoms with Gasteiger partial charge in [-0.1, -0.05) is 6.92 Å². The fourth-order valence-electron chi connectivity index (χ4n) is 4.22. The molecule has 34 heavy (non-hydrogen) atoms. The molecule has 174 valence electrons. The van der Waals surface area contributed by atoms with Crippen LogP contribution >= 0.6 is 11.6 Å². The topological polar surface area (TPSA) is 81.9 Å². The van der Waals surface area contributed by atoms with E-state index < -0.39 is 5.57 Å². The lowest BCUT2D eigenvalue weighted by atomic mass is 9.81. The van der Waals surface area contributed by atoms with Crippen molar-refractivity contribution in [1.29, 1.82) is 0 Å². The summed E-state index contributed by atoms with van der Waals surface area (Å²) in [5.74, 6) is 0.0513. The van der Waals surface area contributed by atoms with E-state index in [4.69, 9.17) is 11.6 Å². The van der Waals surface area contributed by atoms with Gasteiger partial charge in [-0.3, -0.25) is 4.79 Å². The number of ether oxygens (including phenoxy) is 1. The van der Waals surface area contributed by atoms with Crippen molar-refractivity contribution in [2.75, 3.05) is 5.32 Å². The van der Waals surface area contributed by atoms with Gasteiger partial charge in [0, 0.05) is 52.4 Å². The maximum absolute atomic E-state index is 13.1. The Morgan fingerprint density at radius 2 is 1.91 bits per heavy atom. The SMILES string of the molecule is C[C@@H]1CC[C@@H]1n1cnc2cc(C(=O)Nc3ccc(OC(F)(F)Cl)cc3)cc(-c3cncnc3)c21. The fourth-order valence-corrected chi connectivity index (χ4v) is 4.31. The van der Waals surface area contributed by atoms with Crippen LogP contribution in [0.3, 0.4) is 0 Å². The average Bonchev–Trinajstić information content (AvgIpc) is 3.21. The number of imidazole rings is 1. The summed E-state index contributed by atoms with van der Waals surface area (Å²) < 4.78 is 32.1. The molecule has 0 radical (unpaired) electrons. The minimum atomic E-state index is -3.81. The predicted octanol–water partition coefficient (Wildman–Crippen LogP) is 5.88. The number of carbonyl (C=O) groups excluding carboxylic acids is 1. The van der Waals surface area contributed by atoms with Crippen LogP contribution in [0.4, 0.5) is 14.5 Å². The van der Waals surface area contributed by atoms with Crippen molar-refractivity contribution in [2.24, 2.45) is 5.92 Å². The molecular formula is C24H20ClF2N5O2. The van der Waals surface area contributed by atoms with Crippen LogP contribution in [0.5, 0.6) is 5.75 Å². The number of alkyl halides is 3. The van der Waals surface area contributed by atoms with E-state index in [9.17, 15) is 13.6 Å². The van der Waals surface area contributed by atoms with Gasteiger partial charge >= 0.3 is 5.57 Å². The minimum absolute atomic E-state index is 0.124. The number of halogens is 3. The maximum Gasteiger partial charge on any atom is 0.487 e. The zero-order chi connectivity index (χ0) is 23.9. The third kappa shape index (κ3) is 4.43. The number of benzene rings is 2. The summed E-state index contributed by atoms with van der Waals surface area (Å²) in [5.41, 5.74) is 0.218. The molecule has 0 bridgehead atoms. The van der Waals surface area contributed by atoms with Crippen molar-refractivity contribution >= 4 is 34.2 Å². The zero-order valence-electron chi connectivity index (χ0n) is 18.1. The van der Waals surface area contributed by atoms with E-state index in [2.05, 4.69) is 36.5 Å². The first-order valence-electron chi connectivity index (χ1n) is 10.7. The van der Waals surface area contributed by atoms with Crippen molar-refractivity contribution < 1.29 is 18.3 Å². The Kier molecular flexibility index (Phi) is 5.65. The van der Waals surface area contributed by atoms with Crippen LogP contribution in [0, 0.1) is 5.92 Å². The predicted molar refractivity (Wildman–Crippen MR) is 124 cm³/mol. The van der Waals surface area contributed by atoms with Gasteiger partial charge < -0.3 is 14.6 Å². The van der Waals surface area contributed by atoms with E-state index >= 15 is 0 Å². The Balaban J connectivity index is 1.48. The van der Waals surface area contributed by atoms with Crippen molar-refractivity contribution in [2.45, 2.75) is 31.4 Å². The molecule has 4 aromatic rings. The highest BCUT2D eigenvalue weighted by Crippen LogP contribution is 2.41. The van der Waals surface area contributed by atoms with E-state index in [0.29, 0.717) is 28.7 Å². The largest absolute Gasteiger partial charge is 0.487 e. The first-order valence-corrected chi connectivity index (χ1v) is 11.1. The number of nitrogens with one attached hydrogen (secondary N) is 1. The second-order valence-electron chi connectivity index (χ2n) is 8.32. The van der Waals surface area contributed by atoms with Gasteiger partial charge in [-0.25, -0.2) is 15.0 Å². The lowest BCUT2D eigenvalue weighted by Gasteiger charge is -2.35. The number of nitrogens with zero attached hydrogens (tertiary/aromatic N) is 4. The number of anilines is 1. The lowest BCUT2D eigenvalue weighted by Crippen LogP contribution is -2.26. The third-order valence-corrected chi connectivity index (χ3v) is 6.16. The van der Waals surface area contributed by atoms with Crippen LogP contribution < -0.4 is 10.1 Å². The summed E-state index contributed by atoms with van der Waals surface area (Å²) in [6.45, 7) is 2.22. The molecule has 0 spiro atoms. The number of hydrogen-bond donors (Lipinski definition) is 1. The zero-order valence-corrected chi connectivity index (χ0v) is 18.8. The number of rotatable bonds is 6. The molecule has 2 aromatic heterocycles. The molecule has 1 fully saturated rings. The van der Waals surface area contributed by atoms with Gasteiger partial charge in [0.05, 0.1) is 17.4 Å². The normalized spacial score (nSPS) is 17.9. The number of fused-ring (bicyclic) bond motifs is 1. The Labute approximate surface area is 198 Å². The van der Waals surface area contributed by atoms with Gasteiger partial charge in [-0.2, -0.15) is 0 Å². The molecule has 0 aliphatic heterocycles.